The van der Waals surface area contributed by atoms with Crippen LogP contribution in [0.5, 0.6) is 0 Å². The van der Waals surface area contributed by atoms with E-state index in [4.69, 9.17) is 11.6 Å². The summed E-state index contributed by atoms with van der Waals surface area (Å²) in [5.74, 6) is 0.0402. The fourth-order valence-corrected chi connectivity index (χ4v) is 1.30. The van der Waals surface area contributed by atoms with Gasteiger partial charge in [-0.2, -0.15) is 0 Å². The van der Waals surface area contributed by atoms with E-state index in [-0.39, 0.29) is 17.1 Å². The van der Waals surface area contributed by atoms with Gasteiger partial charge in [-0.05, 0) is 37.0 Å². The Morgan fingerprint density at radius 2 is 1.92 bits per heavy atom. The first kappa shape index (κ1) is 10.5. The molecule has 0 aliphatic heterocycles. The molecule has 1 aromatic rings. The van der Waals surface area contributed by atoms with E-state index in [1.165, 1.54) is 0 Å². The topological polar surface area (TPSA) is 0 Å². The lowest BCUT2D eigenvalue weighted by Crippen LogP contribution is -2.05. The molecule has 0 heterocycles. The highest BCUT2D eigenvalue weighted by atomic mass is 35.5. The van der Waals surface area contributed by atoms with Crippen molar-refractivity contribution in [1.29, 1.82) is 0 Å². The fourth-order valence-electron chi connectivity index (χ4n) is 1.16. The summed E-state index contributed by atoms with van der Waals surface area (Å²) in [7, 11) is 0. The van der Waals surface area contributed by atoms with Gasteiger partial charge < -0.3 is 0 Å². The van der Waals surface area contributed by atoms with E-state index in [2.05, 4.69) is 0 Å². The molecule has 2 heteroatoms. The van der Waals surface area contributed by atoms with Crippen molar-refractivity contribution in [3.05, 3.63) is 35.1 Å². The summed E-state index contributed by atoms with van der Waals surface area (Å²) >= 11 is 5.93. The van der Waals surface area contributed by atoms with Crippen LogP contribution in [0.15, 0.2) is 18.2 Å². The average molecular weight is 201 g/mol. The Morgan fingerprint density at radius 3 is 2.38 bits per heavy atom. The Hall–Kier alpha value is -0.560. The van der Waals surface area contributed by atoms with Crippen molar-refractivity contribution in [3.8, 4) is 0 Å². The van der Waals surface area contributed by atoms with Gasteiger partial charge in [0.15, 0.2) is 0 Å². The van der Waals surface area contributed by atoms with E-state index in [9.17, 15) is 4.39 Å². The molecule has 1 rings (SSSR count). The third kappa shape index (κ3) is 2.44. The van der Waals surface area contributed by atoms with E-state index in [1.807, 2.05) is 19.9 Å². The smallest absolute Gasteiger partial charge is 0.126 e. The second-order valence-corrected chi connectivity index (χ2v) is 4.16. The Labute approximate surface area is 83.7 Å². The normalized spacial score (nSPS) is 15.5. The van der Waals surface area contributed by atoms with Crippen LogP contribution in [0.4, 0.5) is 4.39 Å². The van der Waals surface area contributed by atoms with Gasteiger partial charge in [0.1, 0.15) is 5.82 Å². The highest BCUT2D eigenvalue weighted by Gasteiger charge is 2.12. The summed E-state index contributed by atoms with van der Waals surface area (Å²) in [6.07, 6.45) is 0. The number of hydrogen-bond donors (Lipinski definition) is 0. The van der Waals surface area contributed by atoms with Crippen molar-refractivity contribution < 1.29 is 4.39 Å². The summed E-state index contributed by atoms with van der Waals surface area (Å²) < 4.78 is 13.2. The third-order valence-electron chi connectivity index (χ3n) is 2.41. The molecule has 2 unspecified atom stereocenters. The molecule has 1 aromatic carbocycles. The zero-order valence-corrected chi connectivity index (χ0v) is 8.90. The molecule has 13 heavy (non-hydrogen) atoms. The van der Waals surface area contributed by atoms with E-state index < -0.39 is 0 Å². The molecule has 0 N–H and O–H groups in total. The predicted octanol–water partition coefficient (Wildman–Crippen LogP) is 3.86. The van der Waals surface area contributed by atoms with Gasteiger partial charge in [-0.15, -0.1) is 11.6 Å². The monoisotopic (exact) mass is 200 g/mol. The van der Waals surface area contributed by atoms with Gasteiger partial charge in [-0.1, -0.05) is 19.1 Å². The number of rotatable bonds is 2. The molecule has 0 spiro atoms. The molecule has 0 amide bonds. The van der Waals surface area contributed by atoms with Crippen LogP contribution in [0.25, 0.3) is 0 Å². The summed E-state index contributed by atoms with van der Waals surface area (Å²) in [6, 6.07) is 5.29. The largest absolute Gasteiger partial charge is 0.207 e. The molecular formula is C11H14ClF. The van der Waals surface area contributed by atoms with Crippen molar-refractivity contribution in [2.45, 2.75) is 32.1 Å². The highest BCUT2D eigenvalue weighted by molar-refractivity contribution is 6.20. The Balaban J connectivity index is 2.97. The average Bonchev–Trinajstić information content (AvgIpc) is 2.08. The van der Waals surface area contributed by atoms with Crippen molar-refractivity contribution >= 4 is 11.6 Å². The van der Waals surface area contributed by atoms with E-state index in [0.717, 1.165) is 5.56 Å². The Bertz CT molecular complexity index is 294. The van der Waals surface area contributed by atoms with Gasteiger partial charge in [0.25, 0.3) is 0 Å². The fraction of sp³-hybridized carbons (Fsp3) is 0.455. The van der Waals surface area contributed by atoms with Crippen LogP contribution in [0.1, 0.15) is 30.9 Å². The molecule has 0 saturated carbocycles. The first-order chi connectivity index (χ1) is 6.02. The minimum absolute atomic E-state index is 0.0297. The van der Waals surface area contributed by atoms with Crippen LogP contribution in [-0.4, -0.2) is 5.38 Å². The number of alkyl halides is 1. The minimum Gasteiger partial charge on any atom is -0.207 e. The quantitative estimate of drug-likeness (QED) is 0.636. The predicted molar refractivity (Wildman–Crippen MR) is 54.9 cm³/mol. The standard InChI is InChI=1S/C11H14ClF/c1-7-4-5-10(6-11(7)13)8(2)9(3)12/h4-6,8-9H,1-3H3. The lowest BCUT2D eigenvalue weighted by molar-refractivity contribution is 0.611. The lowest BCUT2D eigenvalue weighted by Gasteiger charge is -2.14. The van der Waals surface area contributed by atoms with Crippen LogP contribution in [0.3, 0.4) is 0 Å². The van der Waals surface area contributed by atoms with E-state index in [0.29, 0.717) is 5.56 Å². The first-order valence-electron chi connectivity index (χ1n) is 4.42. The Morgan fingerprint density at radius 1 is 1.31 bits per heavy atom. The first-order valence-corrected chi connectivity index (χ1v) is 4.86. The molecule has 72 valence electrons. The van der Waals surface area contributed by atoms with Gasteiger partial charge in [0.05, 0.1) is 0 Å². The minimum atomic E-state index is -0.151. The molecule has 2 atom stereocenters. The number of benzene rings is 1. The Kier molecular flexibility index (Phi) is 3.32. The molecular weight excluding hydrogens is 187 g/mol. The number of halogens is 2. The zero-order chi connectivity index (χ0) is 10.0. The van der Waals surface area contributed by atoms with Gasteiger partial charge in [-0.3, -0.25) is 0 Å². The number of aryl methyl sites for hydroxylation is 1. The third-order valence-corrected chi connectivity index (χ3v) is 2.79. The van der Waals surface area contributed by atoms with Crippen molar-refractivity contribution in [3.63, 3.8) is 0 Å². The van der Waals surface area contributed by atoms with Crippen molar-refractivity contribution in [1.82, 2.24) is 0 Å². The molecule has 0 aliphatic rings. The molecule has 0 saturated heterocycles. The maximum absolute atomic E-state index is 13.2. The summed E-state index contributed by atoms with van der Waals surface area (Å²) in [5.41, 5.74) is 1.64. The summed E-state index contributed by atoms with van der Waals surface area (Å²) in [4.78, 5) is 0. The van der Waals surface area contributed by atoms with Crippen molar-refractivity contribution in [2.24, 2.45) is 0 Å². The van der Waals surface area contributed by atoms with Gasteiger partial charge in [-0.25, -0.2) is 4.39 Å². The number of hydrogen-bond acceptors (Lipinski definition) is 0. The molecule has 0 aliphatic carbocycles. The SMILES string of the molecule is Cc1ccc(C(C)C(C)Cl)cc1F. The van der Waals surface area contributed by atoms with Crippen LogP contribution in [0, 0.1) is 12.7 Å². The van der Waals surface area contributed by atoms with Gasteiger partial charge in [0, 0.05) is 5.38 Å². The lowest BCUT2D eigenvalue weighted by atomic mass is 9.97. The van der Waals surface area contributed by atoms with Crippen molar-refractivity contribution in [2.75, 3.05) is 0 Å². The van der Waals surface area contributed by atoms with Gasteiger partial charge in [0.2, 0.25) is 0 Å². The molecule has 0 nitrogen and oxygen atoms in total. The molecule has 0 aromatic heterocycles. The maximum Gasteiger partial charge on any atom is 0.126 e. The van der Waals surface area contributed by atoms with E-state index >= 15 is 0 Å². The maximum atomic E-state index is 13.2. The van der Waals surface area contributed by atoms with Crippen LogP contribution in [-0.2, 0) is 0 Å². The highest BCUT2D eigenvalue weighted by Crippen LogP contribution is 2.24. The zero-order valence-electron chi connectivity index (χ0n) is 8.14. The molecule has 0 bridgehead atoms. The van der Waals surface area contributed by atoms with Gasteiger partial charge >= 0.3 is 0 Å². The summed E-state index contributed by atoms with van der Waals surface area (Å²) in [6.45, 7) is 5.68. The summed E-state index contributed by atoms with van der Waals surface area (Å²) in [5, 5.41) is 0.0297. The molecule has 0 radical (unpaired) electrons. The second kappa shape index (κ2) is 4.10. The van der Waals surface area contributed by atoms with Crippen LogP contribution >= 0.6 is 11.6 Å². The second-order valence-electron chi connectivity index (χ2n) is 3.47. The van der Waals surface area contributed by atoms with E-state index in [1.54, 1.807) is 19.1 Å². The molecule has 0 fully saturated rings. The van der Waals surface area contributed by atoms with Crippen LogP contribution in [0.2, 0.25) is 0 Å². The van der Waals surface area contributed by atoms with Crippen LogP contribution < -0.4 is 0 Å².